The van der Waals surface area contributed by atoms with Crippen LogP contribution in [0.5, 0.6) is 0 Å². The van der Waals surface area contributed by atoms with E-state index in [0.29, 0.717) is 25.5 Å². The van der Waals surface area contributed by atoms with Crippen LogP contribution in [0.4, 0.5) is 0 Å². The molecule has 1 aromatic heterocycles. The Kier molecular flexibility index (Phi) is 4.04. The Balaban J connectivity index is 1.68. The molecule has 0 amide bonds. The van der Waals surface area contributed by atoms with Crippen LogP contribution in [0.15, 0.2) is 11.2 Å². The van der Waals surface area contributed by atoms with Crippen molar-refractivity contribution in [2.24, 2.45) is 7.05 Å². The molecule has 8 heteroatoms. The van der Waals surface area contributed by atoms with Crippen molar-refractivity contribution < 1.29 is 17.9 Å². The van der Waals surface area contributed by atoms with E-state index in [-0.39, 0.29) is 23.3 Å². The average Bonchev–Trinajstić information content (AvgIpc) is 2.79. The lowest BCUT2D eigenvalue weighted by Crippen LogP contribution is -2.49. The fourth-order valence-corrected chi connectivity index (χ4v) is 4.23. The topological polar surface area (TPSA) is 82.5 Å². The number of rotatable bonds is 3. The fourth-order valence-electron chi connectivity index (χ4n) is 2.91. The van der Waals surface area contributed by atoms with Gasteiger partial charge in [-0.3, -0.25) is 0 Å². The van der Waals surface area contributed by atoms with Gasteiger partial charge in [-0.15, -0.1) is 0 Å². The van der Waals surface area contributed by atoms with Crippen molar-refractivity contribution in [1.29, 1.82) is 0 Å². The Morgan fingerprint density at radius 3 is 2.67 bits per heavy atom. The van der Waals surface area contributed by atoms with Gasteiger partial charge in [-0.25, -0.2) is 18.1 Å². The summed E-state index contributed by atoms with van der Waals surface area (Å²) in [6.07, 6.45) is 3.86. The fraction of sp³-hybridized carbons (Fsp3) is 0.769. The van der Waals surface area contributed by atoms with Gasteiger partial charge in [0.1, 0.15) is 5.82 Å². The number of ether oxygens (including phenoxy) is 2. The maximum Gasteiger partial charge on any atom is 0.259 e. The number of hydrogen-bond acceptors (Lipinski definition) is 5. The van der Waals surface area contributed by atoms with Crippen LogP contribution < -0.4 is 4.72 Å². The highest BCUT2D eigenvalue weighted by atomic mass is 32.2. The number of nitrogens with one attached hydrogen (secondary N) is 1. The second kappa shape index (κ2) is 5.68. The van der Waals surface area contributed by atoms with E-state index in [1.807, 2.05) is 0 Å². The molecule has 1 aliphatic carbocycles. The van der Waals surface area contributed by atoms with Crippen molar-refractivity contribution >= 4 is 10.0 Å². The maximum absolute atomic E-state index is 12.4. The Hall–Kier alpha value is -0.960. The highest BCUT2D eigenvalue weighted by Gasteiger charge is 2.36. The Morgan fingerprint density at radius 2 is 2.00 bits per heavy atom. The van der Waals surface area contributed by atoms with Crippen LogP contribution in [0.25, 0.3) is 0 Å². The van der Waals surface area contributed by atoms with E-state index in [2.05, 4.69) is 9.71 Å². The number of sulfonamides is 1. The first-order chi connectivity index (χ1) is 9.95. The summed E-state index contributed by atoms with van der Waals surface area (Å²) in [5.74, 6) is 0.670. The normalized spacial score (nSPS) is 30.1. The average molecular weight is 315 g/mol. The smallest absolute Gasteiger partial charge is 0.259 e. The molecule has 0 aromatic carbocycles. The van der Waals surface area contributed by atoms with Crippen LogP contribution in [-0.2, 0) is 26.5 Å². The molecule has 118 valence electrons. The molecular weight excluding hydrogens is 294 g/mol. The van der Waals surface area contributed by atoms with Crippen LogP contribution in [0.1, 0.15) is 25.1 Å². The van der Waals surface area contributed by atoms with E-state index >= 15 is 0 Å². The van der Waals surface area contributed by atoms with Crippen molar-refractivity contribution in [3.8, 4) is 0 Å². The van der Waals surface area contributed by atoms with Crippen molar-refractivity contribution in [1.82, 2.24) is 14.3 Å². The molecule has 2 fully saturated rings. The lowest BCUT2D eigenvalue weighted by atomic mass is 9.90. The zero-order valence-corrected chi connectivity index (χ0v) is 13.1. The molecule has 2 aliphatic rings. The molecule has 3 rings (SSSR count). The van der Waals surface area contributed by atoms with Gasteiger partial charge in [0.25, 0.3) is 10.0 Å². The quantitative estimate of drug-likeness (QED) is 0.870. The van der Waals surface area contributed by atoms with Crippen molar-refractivity contribution in [3.63, 3.8) is 0 Å². The van der Waals surface area contributed by atoms with E-state index in [1.165, 1.54) is 6.20 Å². The molecule has 0 radical (unpaired) electrons. The summed E-state index contributed by atoms with van der Waals surface area (Å²) < 4.78 is 40.5. The molecule has 1 N–H and O–H groups in total. The van der Waals surface area contributed by atoms with E-state index in [9.17, 15) is 8.42 Å². The number of aromatic nitrogens is 2. The third-order valence-electron chi connectivity index (χ3n) is 4.16. The van der Waals surface area contributed by atoms with Gasteiger partial charge in [0.15, 0.2) is 5.03 Å². The third-order valence-corrected chi connectivity index (χ3v) is 5.55. The maximum atomic E-state index is 12.4. The lowest BCUT2D eigenvalue weighted by Gasteiger charge is -2.38. The molecule has 1 aromatic rings. The minimum Gasteiger partial charge on any atom is -0.373 e. The van der Waals surface area contributed by atoms with Crippen molar-refractivity contribution in [2.75, 3.05) is 13.2 Å². The molecular formula is C13H21N3O4S. The Bertz CT molecular complexity index is 593. The number of hydrogen-bond donors (Lipinski definition) is 1. The van der Waals surface area contributed by atoms with E-state index in [0.717, 1.165) is 12.8 Å². The van der Waals surface area contributed by atoms with Crippen LogP contribution in [-0.4, -0.2) is 49.4 Å². The van der Waals surface area contributed by atoms with Gasteiger partial charge in [0.2, 0.25) is 0 Å². The molecule has 0 spiro atoms. The molecule has 1 aliphatic heterocycles. The first-order valence-electron chi connectivity index (χ1n) is 7.21. The Morgan fingerprint density at radius 1 is 1.29 bits per heavy atom. The van der Waals surface area contributed by atoms with E-state index in [4.69, 9.17) is 9.47 Å². The zero-order chi connectivity index (χ0) is 15.0. The number of fused-ring (bicyclic) bond motifs is 1. The highest BCUT2D eigenvalue weighted by Crippen LogP contribution is 2.27. The predicted octanol–water partition coefficient (Wildman–Crippen LogP) is 0.343. The molecule has 3 unspecified atom stereocenters. The summed E-state index contributed by atoms with van der Waals surface area (Å²) >= 11 is 0. The monoisotopic (exact) mass is 315 g/mol. The molecule has 7 nitrogen and oxygen atoms in total. The molecule has 1 saturated heterocycles. The number of nitrogens with zero attached hydrogens (tertiary/aromatic N) is 2. The largest absolute Gasteiger partial charge is 0.373 e. The molecule has 21 heavy (non-hydrogen) atoms. The summed E-state index contributed by atoms with van der Waals surface area (Å²) in [7, 11) is -1.80. The van der Waals surface area contributed by atoms with Gasteiger partial charge in [-0.05, 0) is 26.2 Å². The van der Waals surface area contributed by atoms with E-state index < -0.39 is 10.0 Å². The van der Waals surface area contributed by atoms with Gasteiger partial charge >= 0.3 is 0 Å². The lowest BCUT2D eigenvalue weighted by molar-refractivity contribution is -0.156. The standard InChI is InChI=1S/C13H21N3O4S/c1-9-14-13(8-16(9)2)21(17,18)15-10-3-4-11-12(7-10)20-6-5-19-11/h8,10-12,15H,3-7H2,1-2H3. The third kappa shape index (κ3) is 3.13. The van der Waals surface area contributed by atoms with Crippen LogP contribution in [0, 0.1) is 6.92 Å². The van der Waals surface area contributed by atoms with Crippen molar-refractivity contribution in [2.45, 2.75) is 49.5 Å². The van der Waals surface area contributed by atoms with E-state index in [1.54, 1.807) is 18.5 Å². The van der Waals surface area contributed by atoms with Crippen LogP contribution in [0.3, 0.4) is 0 Å². The predicted molar refractivity (Wildman–Crippen MR) is 75.4 cm³/mol. The highest BCUT2D eigenvalue weighted by molar-refractivity contribution is 7.89. The second-order valence-electron chi connectivity index (χ2n) is 5.69. The summed E-state index contributed by atoms with van der Waals surface area (Å²) in [5, 5.41) is 0.0745. The van der Waals surface area contributed by atoms with Gasteiger partial charge < -0.3 is 14.0 Å². The summed E-state index contributed by atoms with van der Waals surface area (Å²) in [4.78, 5) is 4.09. The minimum absolute atomic E-state index is 0.00864. The first-order valence-corrected chi connectivity index (χ1v) is 8.69. The van der Waals surface area contributed by atoms with Gasteiger partial charge in [0.05, 0.1) is 25.4 Å². The zero-order valence-electron chi connectivity index (χ0n) is 12.3. The van der Waals surface area contributed by atoms with Gasteiger partial charge in [-0.2, -0.15) is 0 Å². The SMILES string of the molecule is Cc1nc(S(=O)(=O)NC2CCC3OCCOC3C2)cn1C. The molecule has 0 bridgehead atoms. The first kappa shape index (κ1) is 15.0. The van der Waals surface area contributed by atoms with Crippen LogP contribution >= 0.6 is 0 Å². The number of imidazole rings is 1. The summed E-state index contributed by atoms with van der Waals surface area (Å²) in [6.45, 7) is 2.99. The molecule has 2 heterocycles. The van der Waals surface area contributed by atoms with Crippen LogP contribution in [0.2, 0.25) is 0 Å². The summed E-state index contributed by atoms with van der Waals surface area (Å²) in [6, 6.07) is -0.125. The molecule has 1 saturated carbocycles. The number of aryl methyl sites for hydroxylation is 2. The summed E-state index contributed by atoms with van der Waals surface area (Å²) in [5.41, 5.74) is 0. The van der Waals surface area contributed by atoms with Crippen molar-refractivity contribution in [3.05, 3.63) is 12.0 Å². The van der Waals surface area contributed by atoms with Gasteiger partial charge in [0, 0.05) is 19.3 Å². The van der Waals surface area contributed by atoms with Gasteiger partial charge in [-0.1, -0.05) is 0 Å². The molecule has 3 atom stereocenters. The Labute approximate surface area is 124 Å². The minimum atomic E-state index is -3.58. The second-order valence-corrected chi connectivity index (χ2v) is 7.35.